The van der Waals surface area contributed by atoms with Crippen LogP contribution >= 0.6 is 11.6 Å². The maximum Gasteiger partial charge on any atom is 0.269 e. The molecule has 4 rings (SSSR count). The molecule has 0 spiro atoms. The Morgan fingerprint density at radius 1 is 1.19 bits per heavy atom. The Labute approximate surface area is 161 Å². The number of nitrogens with zero attached hydrogens (tertiary/aromatic N) is 1. The zero-order valence-corrected chi connectivity index (χ0v) is 15.7. The molecular weight excluding hydrogens is 368 g/mol. The van der Waals surface area contributed by atoms with Gasteiger partial charge < -0.3 is 14.8 Å². The van der Waals surface area contributed by atoms with Crippen molar-refractivity contribution in [2.45, 2.75) is 18.4 Å². The summed E-state index contributed by atoms with van der Waals surface area (Å²) in [4.78, 5) is 10.8. The van der Waals surface area contributed by atoms with Gasteiger partial charge in [-0.25, -0.2) is 0 Å². The largest absolute Gasteiger partial charge is 0.497 e. The molecule has 0 amide bonds. The van der Waals surface area contributed by atoms with Gasteiger partial charge in [-0.2, -0.15) is 0 Å². The summed E-state index contributed by atoms with van der Waals surface area (Å²) < 4.78 is 11.0. The van der Waals surface area contributed by atoms with Gasteiger partial charge in [-0.3, -0.25) is 10.1 Å². The van der Waals surface area contributed by atoms with Crippen LogP contribution in [0.1, 0.15) is 29.5 Å². The van der Waals surface area contributed by atoms with Gasteiger partial charge in [0.1, 0.15) is 11.5 Å². The third-order valence-electron chi connectivity index (χ3n) is 5.39. The minimum atomic E-state index is -0.396. The molecule has 2 aromatic rings. The molecule has 140 valence electrons. The van der Waals surface area contributed by atoms with Crippen molar-refractivity contribution in [2.75, 3.05) is 19.5 Å². The fourth-order valence-corrected chi connectivity index (χ4v) is 4.35. The number of hydrogen-bond acceptors (Lipinski definition) is 5. The lowest BCUT2D eigenvalue weighted by atomic mass is 9.76. The van der Waals surface area contributed by atoms with E-state index >= 15 is 0 Å². The van der Waals surface area contributed by atoms with Gasteiger partial charge in [-0.15, -0.1) is 0 Å². The number of rotatable bonds is 4. The highest BCUT2D eigenvalue weighted by molar-refractivity contribution is 6.31. The fourth-order valence-electron chi connectivity index (χ4n) is 4.11. The van der Waals surface area contributed by atoms with Crippen molar-refractivity contribution in [3.63, 3.8) is 0 Å². The molecule has 2 aromatic carbocycles. The molecule has 0 fully saturated rings. The number of benzene rings is 2. The molecule has 1 aliphatic carbocycles. The third kappa shape index (κ3) is 2.90. The van der Waals surface area contributed by atoms with Crippen LogP contribution in [0.4, 0.5) is 11.4 Å². The number of nitrogens with one attached hydrogen (secondary N) is 1. The van der Waals surface area contributed by atoms with Gasteiger partial charge in [0.05, 0.1) is 30.9 Å². The van der Waals surface area contributed by atoms with E-state index in [0.29, 0.717) is 10.8 Å². The summed E-state index contributed by atoms with van der Waals surface area (Å²) in [7, 11) is 3.24. The van der Waals surface area contributed by atoms with E-state index in [0.717, 1.165) is 29.0 Å². The number of allylic oxidation sites excluding steroid dienone is 2. The zero-order valence-electron chi connectivity index (χ0n) is 14.9. The first kappa shape index (κ1) is 17.7. The van der Waals surface area contributed by atoms with Crippen LogP contribution in [-0.2, 0) is 0 Å². The number of hydrogen-bond donors (Lipinski definition) is 1. The number of methoxy groups -OCH3 is 2. The summed E-state index contributed by atoms with van der Waals surface area (Å²) in [5.74, 6) is 1.77. The molecule has 7 heteroatoms. The van der Waals surface area contributed by atoms with Crippen molar-refractivity contribution < 1.29 is 14.4 Å². The summed E-state index contributed by atoms with van der Waals surface area (Å²) >= 11 is 6.44. The molecule has 1 N–H and O–H groups in total. The number of nitro groups is 1. The second-order valence-electron chi connectivity index (χ2n) is 6.73. The van der Waals surface area contributed by atoms with E-state index in [1.165, 1.54) is 6.07 Å². The van der Waals surface area contributed by atoms with Crippen molar-refractivity contribution in [1.29, 1.82) is 0 Å². The van der Waals surface area contributed by atoms with E-state index in [2.05, 4.69) is 17.5 Å². The highest BCUT2D eigenvalue weighted by atomic mass is 35.5. The average Bonchev–Trinajstić information content (AvgIpc) is 3.17. The van der Waals surface area contributed by atoms with Gasteiger partial charge in [-0.1, -0.05) is 23.8 Å². The second kappa shape index (κ2) is 6.78. The Morgan fingerprint density at radius 3 is 2.70 bits per heavy atom. The SMILES string of the molecule is COc1cc(OC)c2c(c1)[C@@H]1C=CC[C@@H]1[C@H](c1cc([N+](=O)[O-])ccc1Cl)N2. The van der Waals surface area contributed by atoms with E-state index in [1.807, 2.05) is 12.1 Å². The summed E-state index contributed by atoms with van der Waals surface area (Å²) in [5, 5.41) is 15.3. The standard InChI is InChI=1S/C20H19ClN2O4/c1-26-12-9-15-13-4-3-5-14(13)19(22-20(15)18(10-12)27-2)16-8-11(23(24)25)6-7-17(16)21/h3-4,6-10,13-14,19,22H,5H2,1-2H3/t13-,14+,19-/m1/s1. The van der Waals surface area contributed by atoms with Crippen LogP contribution in [0, 0.1) is 16.0 Å². The van der Waals surface area contributed by atoms with Crippen LogP contribution < -0.4 is 14.8 Å². The Kier molecular flexibility index (Phi) is 4.44. The molecule has 0 bridgehead atoms. The first-order valence-corrected chi connectivity index (χ1v) is 9.04. The minimum Gasteiger partial charge on any atom is -0.497 e. The molecular formula is C20H19ClN2O4. The molecule has 1 aliphatic heterocycles. The van der Waals surface area contributed by atoms with Gasteiger partial charge in [0.25, 0.3) is 5.69 Å². The molecule has 0 radical (unpaired) electrons. The number of halogens is 1. The predicted molar refractivity (Wildman–Crippen MR) is 104 cm³/mol. The van der Waals surface area contributed by atoms with Crippen molar-refractivity contribution in [3.05, 3.63) is 68.7 Å². The maximum absolute atomic E-state index is 11.2. The van der Waals surface area contributed by atoms with Crippen LogP contribution in [0.3, 0.4) is 0 Å². The third-order valence-corrected chi connectivity index (χ3v) is 5.73. The zero-order chi connectivity index (χ0) is 19.1. The van der Waals surface area contributed by atoms with E-state index in [9.17, 15) is 10.1 Å². The highest BCUT2D eigenvalue weighted by Crippen LogP contribution is 2.54. The normalized spacial score (nSPS) is 22.6. The monoisotopic (exact) mass is 386 g/mol. The summed E-state index contributed by atoms with van der Waals surface area (Å²) in [6.07, 6.45) is 5.19. The summed E-state index contributed by atoms with van der Waals surface area (Å²) in [6.45, 7) is 0. The molecule has 6 nitrogen and oxygen atoms in total. The average molecular weight is 387 g/mol. The molecule has 3 atom stereocenters. The van der Waals surface area contributed by atoms with Crippen molar-refractivity contribution in [2.24, 2.45) is 5.92 Å². The van der Waals surface area contributed by atoms with Gasteiger partial charge >= 0.3 is 0 Å². The number of anilines is 1. The molecule has 2 aliphatic rings. The van der Waals surface area contributed by atoms with E-state index < -0.39 is 4.92 Å². The molecule has 27 heavy (non-hydrogen) atoms. The molecule has 0 saturated carbocycles. The van der Waals surface area contributed by atoms with Crippen LogP contribution in [0.15, 0.2) is 42.5 Å². The van der Waals surface area contributed by atoms with E-state index in [1.54, 1.807) is 26.4 Å². The minimum absolute atomic E-state index is 0.0335. The topological polar surface area (TPSA) is 73.6 Å². The van der Waals surface area contributed by atoms with E-state index in [4.69, 9.17) is 21.1 Å². The van der Waals surface area contributed by atoms with Crippen LogP contribution in [-0.4, -0.2) is 19.1 Å². The smallest absolute Gasteiger partial charge is 0.269 e. The fraction of sp³-hybridized carbons (Fsp3) is 0.300. The van der Waals surface area contributed by atoms with Crippen LogP contribution in [0.25, 0.3) is 0 Å². The number of ether oxygens (including phenoxy) is 2. The van der Waals surface area contributed by atoms with Crippen molar-refractivity contribution >= 4 is 23.0 Å². The van der Waals surface area contributed by atoms with Crippen LogP contribution in [0.5, 0.6) is 11.5 Å². The Bertz CT molecular complexity index is 944. The summed E-state index contributed by atoms with van der Waals surface area (Å²) in [5.41, 5.74) is 2.74. The Morgan fingerprint density at radius 2 is 2.00 bits per heavy atom. The quantitative estimate of drug-likeness (QED) is 0.450. The number of nitro benzene ring substituents is 1. The molecule has 0 unspecified atom stereocenters. The predicted octanol–water partition coefficient (Wildman–Crippen LogP) is 5.09. The summed E-state index contributed by atoms with van der Waals surface area (Å²) in [6, 6.07) is 8.27. The second-order valence-corrected chi connectivity index (χ2v) is 7.14. The lowest BCUT2D eigenvalue weighted by molar-refractivity contribution is -0.384. The lowest BCUT2D eigenvalue weighted by Gasteiger charge is -2.38. The van der Waals surface area contributed by atoms with Crippen molar-refractivity contribution in [3.8, 4) is 11.5 Å². The highest BCUT2D eigenvalue weighted by Gasteiger charge is 2.40. The first-order chi connectivity index (χ1) is 13.0. The molecule has 0 saturated heterocycles. The van der Waals surface area contributed by atoms with Crippen molar-refractivity contribution in [1.82, 2.24) is 0 Å². The lowest BCUT2D eigenvalue weighted by Crippen LogP contribution is -2.29. The Hall–Kier alpha value is -2.73. The molecule has 1 heterocycles. The van der Waals surface area contributed by atoms with E-state index in [-0.39, 0.29) is 23.6 Å². The molecule has 0 aromatic heterocycles. The van der Waals surface area contributed by atoms with Crippen LogP contribution in [0.2, 0.25) is 5.02 Å². The van der Waals surface area contributed by atoms with Gasteiger partial charge in [0.2, 0.25) is 0 Å². The Balaban J connectivity index is 1.85. The maximum atomic E-state index is 11.2. The van der Waals surface area contributed by atoms with Gasteiger partial charge in [-0.05, 0) is 30.0 Å². The number of fused-ring (bicyclic) bond motifs is 3. The van der Waals surface area contributed by atoms with Gasteiger partial charge in [0.15, 0.2) is 0 Å². The number of non-ortho nitro benzene ring substituents is 1. The van der Waals surface area contributed by atoms with Gasteiger partial charge in [0, 0.05) is 34.7 Å². The first-order valence-electron chi connectivity index (χ1n) is 8.66.